The number of aliphatic hydroxyl groups excluding tert-OH is 2. The van der Waals surface area contributed by atoms with Crippen LogP contribution >= 0.6 is 0 Å². The molecule has 0 aliphatic carbocycles. The minimum Gasteiger partial charge on any atom is -0.491 e. The Hall–Kier alpha value is -3.06. The first-order chi connectivity index (χ1) is 23.7. The molecule has 3 aromatic carbocycles. The molecular formula is C38H54O10. The largest absolute Gasteiger partial charge is 0.491 e. The van der Waals surface area contributed by atoms with E-state index in [0.29, 0.717) is 92.5 Å². The standard InChI is InChI=1S/C38H54O10/c1-31(33-9-5-3-6-10-33)35-29-36(32(2)34-11-7-4-8-12-34)38(48-28-26-46-24-22-44-20-18-42-16-14-40)30-37(35)47-27-25-45-23-21-43-19-17-41-15-13-39/h3-12,29-32,39-40H,13-28H2,1-2H3. The highest BCUT2D eigenvalue weighted by Crippen LogP contribution is 2.41. The Morgan fingerprint density at radius 2 is 0.729 bits per heavy atom. The van der Waals surface area contributed by atoms with Crippen LogP contribution in [0.3, 0.4) is 0 Å². The minimum atomic E-state index is 0.00654. The van der Waals surface area contributed by atoms with Crippen molar-refractivity contribution in [2.75, 3.05) is 106 Å². The molecule has 0 aromatic heterocycles. The zero-order chi connectivity index (χ0) is 34.1. The maximum atomic E-state index is 8.76. The molecule has 0 aliphatic rings. The SMILES string of the molecule is CC(c1ccccc1)c1cc(C(C)c2ccccc2)c(OCCOCCOCCOCCO)cc1OCCOCCOCCOCCO. The van der Waals surface area contributed by atoms with Gasteiger partial charge in [-0.1, -0.05) is 74.5 Å². The number of rotatable bonds is 28. The Kier molecular flexibility index (Phi) is 20.5. The lowest BCUT2D eigenvalue weighted by molar-refractivity contribution is 0.00324. The van der Waals surface area contributed by atoms with Gasteiger partial charge in [0.25, 0.3) is 0 Å². The highest BCUT2D eigenvalue weighted by atomic mass is 16.6. The normalized spacial score (nSPS) is 12.6. The van der Waals surface area contributed by atoms with Crippen LogP contribution in [0.2, 0.25) is 0 Å². The summed E-state index contributed by atoms with van der Waals surface area (Å²) >= 11 is 0. The first kappa shape index (κ1) is 39.4. The van der Waals surface area contributed by atoms with Crippen molar-refractivity contribution in [3.63, 3.8) is 0 Å². The Morgan fingerprint density at radius 3 is 1.06 bits per heavy atom. The quantitative estimate of drug-likeness (QED) is 0.104. The topological polar surface area (TPSA) is 114 Å². The molecule has 48 heavy (non-hydrogen) atoms. The molecule has 10 heteroatoms. The van der Waals surface area contributed by atoms with Crippen molar-refractivity contribution in [1.82, 2.24) is 0 Å². The van der Waals surface area contributed by atoms with Gasteiger partial charge in [0.1, 0.15) is 24.7 Å². The van der Waals surface area contributed by atoms with E-state index in [0.717, 1.165) is 22.6 Å². The molecule has 0 amide bonds. The molecule has 266 valence electrons. The fourth-order valence-electron chi connectivity index (χ4n) is 5.00. The van der Waals surface area contributed by atoms with Gasteiger partial charge >= 0.3 is 0 Å². The molecule has 0 heterocycles. The van der Waals surface area contributed by atoms with Crippen LogP contribution < -0.4 is 9.47 Å². The van der Waals surface area contributed by atoms with Crippen LogP contribution in [0.1, 0.15) is 47.9 Å². The molecule has 10 nitrogen and oxygen atoms in total. The minimum absolute atomic E-state index is 0.00654. The van der Waals surface area contributed by atoms with Gasteiger partial charge in [0.2, 0.25) is 0 Å². The lowest BCUT2D eigenvalue weighted by Gasteiger charge is -2.24. The van der Waals surface area contributed by atoms with E-state index >= 15 is 0 Å². The highest BCUT2D eigenvalue weighted by molar-refractivity contribution is 5.53. The second-order valence-electron chi connectivity index (χ2n) is 11.0. The summed E-state index contributed by atoms with van der Waals surface area (Å²) in [4.78, 5) is 0. The van der Waals surface area contributed by atoms with Crippen molar-refractivity contribution in [1.29, 1.82) is 0 Å². The molecule has 0 saturated carbocycles. The molecule has 0 saturated heterocycles. The van der Waals surface area contributed by atoms with Crippen LogP contribution in [0.25, 0.3) is 0 Å². The summed E-state index contributed by atoms with van der Waals surface area (Å²) in [6.07, 6.45) is 0. The fourth-order valence-corrected chi connectivity index (χ4v) is 5.00. The lowest BCUT2D eigenvalue weighted by Crippen LogP contribution is -2.15. The predicted molar refractivity (Wildman–Crippen MR) is 184 cm³/mol. The van der Waals surface area contributed by atoms with E-state index < -0.39 is 0 Å². The van der Waals surface area contributed by atoms with Gasteiger partial charge < -0.3 is 48.1 Å². The average molecular weight is 671 g/mol. The van der Waals surface area contributed by atoms with Gasteiger partial charge in [-0.25, -0.2) is 0 Å². The van der Waals surface area contributed by atoms with E-state index in [1.807, 2.05) is 18.2 Å². The summed E-state index contributed by atoms with van der Waals surface area (Å²) in [5.41, 5.74) is 4.55. The summed E-state index contributed by atoms with van der Waals surface area (Å²) in [5, 5.41) is 17.5. The molecule has 2 unspecified atom stereocenters. The number of hydrogen-bond acceptors (Lipinski definition) is 10. The predicted octanol–water partition coefficient (Wildman–Crippen LogP) is 4.83. The van der Waals surface area contributed by atoms with Gasteiger partial charge in [-0.3, -0.25) is 0 Å². The smallest absolute Gasteiger partial charge is 0.126 e. The van der Waals surface area contributed by atoms with E-state index in [2.05, 4.69) is 68.4 Å². The van der Waals surface area contributed by atoms with Crippen molar-refractivity contribution >= 4 is 0 Å². The maximum absolute atomic E-state index is 8.76. The van der Waals surface area contributed by atoms with Crippen LogP contribution in [0.15, 0.2) is 72.8 Å². The van der Waals surface area contributed by atoms with Crippen molar-refractivity contribution in [3.8, 4) is 11.5 Å². The molecule has 2 N–H and O–H groups in total. The Labute approximate surface area is 285 Å². The number of aliphatic hydroxyl groups is 2. The van der Waals surface area contributed by atoms with Crippen LogP contribution in [0, 0.1) is 0 Å². The summed E-state index contributed by atoms with van der Waals surface area (Å²) < 4.78 is 45.7. The van der Waals surface area contributed by atoms with Crippen molar-refractivity contribution < 1.29 is 48.1 Å². The Morgan fingerprint density at radius 1 is 0.417 bits per heavy atom. The second-order valence-corrected chi connectivity index (χ2v) is 11.0. The van der Waals surface area contributed by atoms with Gasteiger partial charge in [0.15, 0.2) is 0 Å². The van der Waals surface area contributed by atoms with E-state index in [1.54, 1.807) is 0 Å². The molecule has 0 spiro atoms. The van der Waals surface area contributed by atoms with Crippen LogP contribution in [-0.2, 0) is 28.4 Å². The second kappa shape index (κ2) is 25.0. The van der Waals surface area contributed by atoms with Crippen molar-refractivity contribution in [2.45, 2.75) is 25.7 Å². The fraction of sp³-hybridized carbons (Fsp3) is 0.526. The number of benzene rings is 3. The summed E-state index contributed by atoms with van der Waals surface area (Å²) in [7, 11) is 0. The van der Waals surface area contributed by atoms with Crippen LogP contribution in [0.4, 0.5) is 0 Å². The molecule has 3 aromatic rings. The summed E-state index contributed by atoms with van der Waals surface area (Å²) in [6.45, 7) is 10.2. The van der Waals surface area contributed by atoms with Crippen molar-refractivity contribution in [3.05, 3.63) is 95.1 Å². The van der Waals surface area contributed by atoms with E-state index in [9.17, 15) is 0 Å². The highest BCUT2D eigenvalue weighted by Gasteiger charge is 2.22. The maximum Gasteiger partial charge on any atom is 0.126 e. The Balaban J connectivity index is 1.67. The van der Waals surface area contributed by atoms with Gasteiger partial charge in [-0.2, -0.15) is 0 Å². The van der Waals surface area contributed by atoms with Gasteiger partial charge in [-0.05, 0) is 17.2 Å². The van der Waals surface area contributed by atoms with Gasteiger partial charge in [0.05, 0.1) is 92.5 Å². The molecule has 0 aliphatic heterocycles. The molecule has 2 atom stereocenters. The summed E-state index contributed by atoms with van der Waals surface area (Å²) in [6, 6.07) is 25.1. The van der Waals surface area contributed by atoms with Gasteiger partial charge in [0, 0.05) is 29.0 Å². The molecule has 0 radical (unpaired) electrons. The van der Waals surface area contributed by atoms with Crippen LogP contribution in [-0.4, -0.2) is 116 Å². The third kappa shape index (κ3) is 15.0. The zero-order valence-electron chi connectivity index (χ0n) is 28.6. The first-order valence-electron chi connectivity index (χ1n) is 16.9. The van der Waals surface area contributed by atoms with Gasteiger partial charge in [-0.15, -0.1) is 0 Å². The first-order valence-corrected chi connectivity index (χ1v) is 16.9. The van der Waals surface area contributed by atoms with E-state index in [1.165, 1.54) is 11.1 Å². The van der Waals surface area contributed by atoms with Crippen LogP contribution in [0.5, 0.6) is 11.5 Å². The Bertz CT molecular complexity index is 1120. The number of hydrogen-bond donors (Lipinski definition) is 2. The lowest BCUT2D eigenvalue weighted by atomic mass is 9.86. The van der Waals surface area contributed by atoms with Crippen molar-refractivity contribution in [2.24, 2.45) is 0 Å². The zero-order valence-corrected chi connectivity index (χ0v) is 28.6. The van der Waals surface area contributed by atoms with E-state index in [-0.39, 0.29) is 25.0 Å². The van der Waals surface area contributed by atoms with E-state index in [4.69, 9.17) is 48.1 Å². The molecule has 3 rings (SSSR count). The molecule has 0 fully saturated rings. The molecular weight excluding hydrogens is 616 g/mol. The third-order valence-electron chi connectivity index (χ3n) is 7.60. The molecule has 0 bridgehead atoms. The average Bonchev–Trinajstić information content (AvgIpc) is 3.13. The summed E-state index contributed by atoms with van der Waals surface area (Å²) in [5.74, 6) is 1.67. The monoisotopic (exact) mass is 670 g/mol. The number of ether oxygens (including phenoxy) is 8. The third-order valence-corrected chi connectivity index (χ3v) is 7.60.